The Bertz CT molecular complexity index is 317. The summed E-state index contributed by atoms with van der Waals surface area (Å²) in [7, 11) is 1.18. The molecule has 0 amide bonds. The van der Waals surface area contributed by atoms with Crippen molar-refractivity contribution < 1.29 is 28.2 Å². The third-order valence-corrected chi connectivity index (χ3v) is 2.97. The van der Waals surface area contributed by atoms with Crippen molar-refractivity contribution in [2.75, 3.05) is 27.7 Å². The molecule has 0 rings (SSSR count). The van der Waals surface area contributed by atoms with Gasteiger partial charge in [0.25, 0.3) is 0 Å². The van der Waals surface area contributed by atoms with E-state index in [1.807, 2.05) is 21.1 Å². The second-order valence-corrected chi connectivity index (χ2v) is 6.00. The van der Waals surface area contributed by atoms with Crippen molar-refractivity contribution in [3.8, 4) is 0 Å². The van der Waals surface area contributed by atoms with Gasteiger partial charge in [0, 0.05) is 12.8 Å². The highest BCUT2D eigenvalue weighted by Gasteiger charge is 2.27. The fraction of sp³-hybridized carbons (Fsp3) is 0.700. The number of phosphoric ester groups is 1. The molecule has 0 aliphatic heterocycles. The Hall–Kier alpha value is -0.520. The average molecular weight is 266 g/mol. The Morgan fingerprint density at radius 2 is 2.00 bits per heavy atom. The Morgan fingerprint density at radius 3 is 2.35 bits per heavy atom. The number of rotatable bonds is 8. The number of quaternary nitrogens is 1. The lowest BCUT2D eigenvalue weighted by Gasteiger charge is -2.33. The van der Waals surface area contributed by atoms with Gasteiger partial charge in [-0.25, -0.2) is 4.57 Å². The number of nitrogens with zero attached hydrogens (tertiary/aromatic N) is 1. The Kier molecular flexibility index (Phi) is 6.23. The van der Waals surface area contributed by atoms with Crippen molar-refractivity contribution in [2.24, 2.45) is 0 Å². The fourth-order valence-electron chi connectivity index (χ4n) is 1.29. The molecule has 1 atom stereocenters. The smallest absolute Gasteiger partial charge is 0.327 e. The summed E-state index contributed by atoms with van der Waals surface area (Å²) in [4.78, 5) is 28.4. The van der Waals surface area contributed by atoms with Gasteiger partial charge in [-0.2, -0.15) is 0 Å². The number of allylic oxidation sites excluding steroid dienone is 1. The van der Waals surface area contributed by atoms with E-state index < -0.39 is 7.82 Å². The van der Waals surface area contributed by atoms with Gasteiger partial charge in [0.2, 0.25) is 0 Å². The van der Waals surface area contributed by atoms with Gasteiger partial charge in [-0.15, -0.1) is 0 Å². The highest BCUT2D eigenvalue weighted by molar-refractivity contribution is 7.46. The zero-order valence-electron chi connectivity index (χ0n) is 10.5. The quantitative estimate of drug-likeness (QED) is 0.384. The van der Waals surface area contributed by atoms with Crippen molar-refractivity contribution in [1.82, 2.24) is 0 Å². The number of carbonyl (C=O) groups is 1. The molecule has 0 saturated heterocycles. The van der Waals surface area contributed by atoms with Crippen LogP contribution in [0.4, 0.5) is 0 Å². The van der Waals surface area contributed by atoms with Crippen LogP contribution < -0.4 is 0 Å². The van der Waals surface area contributed by atoms with Crippen LogP contribution in [0.2, 0.25) is 0 Å². The van der Waals surface area contributed by atoms with Crippen LogP contribution >= 0.6 is 7.82 Å². The van der Waals surface area contributed by atoms with E-state index in [0.29, 0.717) is 17.3 Å². The van der Waals surface area contributed by atoms with E-state index in [2.05, 4.69) is 11.1 Å². The molecule has 0 radical (unpaired) electrons. The van der Waals surface area contributed by atoms with Crippen molar-refractivity contribution in [3.63, 3.8) is 0 Å². The summed E-state index contributed by atoms with van der Waals surface area (Å²) < 4.78 is 15.6. The number of hydrogen-bond donors (Lipinski definition) is 2. The minimum atomic E-state index is -4.46. The standard InChI is InChI=1S/C10H20NO5P/c1-5-10(12)7-6-9(11(2,3)4)8-16-17(13,14)15/h5,9H,1,6-8H2,2-4H3,(H-,13,14,15)/p+1. The third-order valence-electron chi connectivity index (χ3n) is 2.48. The first-order valence-corrected chi connectivity index (χ1v) is 6.76. The van der Waals surface area contributed by atoms with Crippen molar-refractivity contribution in [1.29, 1.82) is 0 Å². The molecule has 0 saturated carbocycles. The summed E-state index contributed by atoms with van der Waals surface area (Å²) in [6.07, 6.45) is 2.04. The van der Waals surface area contributed by atoms with Gasteiger partial charge in [0.15, 0.2) is 5.78 Å². The molecule has 0 aromatic carbocycles. The van der Waals surface area contributed by atoms with Crippen LogP contribution in [0.5, 0.6) is 0 Å². The number of carbonyl (C=O) groups excluding carboxylic acids is 1. The molecular formula is C10H21NO5P+. The topological polar surface area (TPSA) is 83.8 Å². The van der Waals surface area contributed by atoms with Crippen molar-refractivity contribution in [3.05, 3.63) is 12.7 Å². The largest absolute Gasteiger partial charge is 0.469 e. The van der Waals surface area contributed by atoms with Crippen molar-refractivity contribution >= 4 is 13.6 Å². The fourth-order valence-corrected chi connectivity index (χ4v) is 1.65. The monoisotopic (exact) mass is 266 g/mol. The maximum atomic E-state index is 11.1. The highest BCUT2D eigenvalue weighted by atomic mass is 31.2. The molecule has 0 heterocycles. The summed E-state index contributed by atoms with van der Waals surface area (Å²) >= 11 is 0. The molecule has 1 unspecified atom stereocenters. The molecule has 0 bridgehead atoms. The molecule has 0 aliphatic rings. The highest BCUT2D eigenvalue weighted by Crippen LogP contribution is 2.36. The van der Waals surface area contributed by atoms with Crippen LogP contribution in [0, 0.1) is 0 Å². The predicted octanol–water partition coefficient (Wildman–Crippen LogP) is 0.706. The molecule has 17 heavy (non-hydrogen) atoms. The maximum Gasteiger partial charge on any atom is 0.469 e. The van der Waals surface area contributed by atoms with E-state index in [1.54, 1.807) is 0 Å². The number of ketones is 1. The first-order chi connectivity index (χ1) is 7.56. The van der Waals surface area contributed by atoms with E-state index in [4.69, 9.17) is 9.79 Å². The van der Waals surface area contributed by atoms with Gasteiger partial charge in [0.1, 0.15) is 12.6 Å². The lowest BCUT2D eigenvalue weighted by molar-refractivity contribution is -0.896. The summed E-state index contributed by atoms with van der Waals surface area (Å²) in [5.41, 5.74) is 0. The zero-order chi connectivity index (χ0) is 13.7. The van der Waals surface area contributed by atoms with E-state index in [0.717, 1.165) is 0 Å². The summed E-state index contributed by atoms with van der Waals surface area (Å²) in [6, 6.07) is -0.161. The number of hydrogen-bond acceptors (Lipinski definition) is 3. The van der Waals surface area contributed by atoms with Crippen LogP contribution in [0.3, 0.4) is 0 Å². The van der Waals surface area contributed by atoms with Crippen LogP contribution in [0.25, 0.3) is 0 Å². The Morgan fingerprint density at radius 1 is 1.47 bits per heavy atom. The molecular weight excluding hydrogens is 245 g/mol. The molecule has 0 spiro atoms. The van der Waals surface area contributed by atoms with Gasteiger partial charge in [-0.1, -0.05) is 6.58 Å². The van der Waals surface area contributed by atoms with Crippen LogP contribution in [0.15, 0.2) is 12.7 Å². The van der Waals surface area contributed by atoms with E-state index in [-0.39, 0.29) is 18.4 Å². The number of likely N-dealkylation sites (N-methyl/N-ethyl adjacent to an activating group) is 1. The minimum absolute atomic E-state index is 0.0837. The van der Waals surface area contributed by atoms with E-state index in [1.165, 1.54) is 6.08 Å². The first kappa shape index (κ1) is 16.5. The van der Waals surface area contributed by atoms with Gasteiger partial charge in [-0.05, 0) is 6.08 Å². The SMILES string of the molecule is C=CC(=O)CCC(COP(=O)(O)O)[N+](C)(C)C. The van der Waals surface area contributed by atoms with Gasteiger partial charge < -0.3 is 14.3 Å². The van der Waals surface area contributed by atoms with E-state index >= 15 is 0 Å². The number of phosphoric acid groups is 1. The van der Waals surface area contributed by atoms with Crippen LogP contribution in [-0.2, 0) is 13.9 Å². The second kappa shape index (κ2) is 6.42. The first-order valence-electron chi connectivity index (χ1n) is 5.22. The third kappa shape index (κ3) is 8.24. The second-order valence-electron chi connectivity index (χ2n) is 4.77. The molecule has 7 heteroatoms. The lowest BCUT2D eigenvalue weighted by Crippen LogP contribution is -2.47. The molecule has 6 nitrogen and oxygen atoms in total. The van der Waals surface area contributed by atoms with Gasteiger partial charge in [-0.3, -0.25) is 9.32 Å². The maximum absolute atomic E-state index is 11.1. The Balaban J connectivity index is 4.41. The minimum Gasteiger partial charge on any atom is -0.327 e. The summed E-state index contributed by atoms with van der Waals surface area (Å²) in [5.74, 6) is -0.0837. The molecule has 100 valence electrons. The summed E-state index contributed by atoms with van der Waals surface area (Å²) in [5, 5.41) is 0. The van der Waals surface area contributed by atoms with Crippen LogP contribution in [-0.4, -0.2) is 53.8 Å². The van der Waals surface area contributed by atoms with E-state index in [9.17, 15) is 9.36 Å². The molecule has 2 N–H and O–H groups in total. The zero-order valence-corrected chi connectivity index (χ0v) is 11.4. The molecule has 0 fully saturated rings. The average Bonchev–Trinajstić information content (AvgIpc) is 2.13. The lowest BCUT2D eigenvalue weighted by atomic mass is 10.1. The summed E-state index contributed by atoms with van der Waals surface area (Å²) in [6.45, 7) is 3.29. The molecule has 0 aliphatic carbocycles. The van der Waals surface area contributed by atoms with Crippen LogP contribution in [0.1, 0.15) is 12.8 Å². The Labute approximate surface area is 102 Å². The molecule has 0 aromatic rings. The normalized spacial score (nSPS) is 14.4. The van der Waals surface area contributed by atoms with Gasteiger partial charge >= 0.3 is 7.82 Å². The molecule has 0 aromatic heterocycles. The predicted molar refractivity (Wildman–Crippen MR) is 64.3 cm³/mol. The van der Waals surface area contributed by atoms with Gasteiger partial charge in [0.05, 0.1) is 21.1 Å². The van der Waals surface area contributed by atoms with Crippen molar-refractivity contribution in [2.45, 2.75) is 18.9 Å².